The Balaban J connectivity index is 1.71. The molecule has 4 rings (SSSR count). The molecule has 0 unspecified atom stereocenters. The van der Waals surface area contributed by atoms with E-state index < -0.39 is 5.97 Å². The summed E-state index contributed by atoms with van der Waals surface area (Å²) in [6.45, 7) is 4.16. The van der Waals surface area contributed by atoms with Gasteiger partial charge in [-0.25, -0.2) is 14.5 Å². The molecule has 3 aromatic heterocycles. The molecule has 28 heavy (non-hydrogen) atoms. The lowest BCUT2D eigenvalue weighted by Crippen LogP contribution is -2.21. The maximum Gasteiger partial charge on any atom is 0.373 e. The molecular weight excluding hydrogens is 360 g/mol. The molecular formula is C20H18N4O4. The summed E-state index contributed by atoms with van der Waals surface area (Å²) in [6.07, 6.45) is 2.96. The number of carbonyl (C=O) groups excluding carboxylic acids is 1. The molecule has 0 aliphatic carbocycles. The van der Waals surface area contributed by atoms with E-state index in [-0.39, 0.29) is 17.9 Å². The Labute approximate surface area is 160 Å². The van der Waals surface area contributed by atoms with Crippen LogP contribution >= 0.6 is 0 Å². The van der Waals surface area contributed by atoms with Gasteiger partial charge in [0.05, 0.1) is 25.5 Å². The largest absolute Gasteiger partial charge is 0.463 e. The van der Waals surface area contributed by atoms with Crippen LogP contribution in [0, 0.1) is 13.8 Å². The van der Waals surface area contributed by atoms with Gasteiger partial charge in [-0.2, -0.15) is 5.10 Å². The molecule has 0 aliphatic rings. The Morgan fingerprint density at radius 3 is 2.64 bits per heavy atom. The maximum absolute atomic E-state index is 12.8. The van der Waals surface area contributed by atoms with Crippen molar-refractivity contribution >= 4 is 17.0 Å². The van der Waals surface area contributed by atoms with E-state index >= 15 is 0 Å². The Morgan fingerprint density at radius 1 is 1.18 bits per heavy atom. The third-order valence-electron chi connectivity index (χ3n) is 4.38. The van der Waals surface area contributed by atoms with E-state index in [1.807, 2.05) is 26.0 Å². The molecule has 0 bridgehead atoms. The summed E-state index contributed by atoms with van der Waals surface area (Å²) in [5.74, 6) is -0.0329. The molecule has 3 heterocycles. The predicted octanol–water partition coefficient (Wildman–Crippen LogP) is 2.63. The smallest absolute Gasteiger partial charge is 0.373 e. The number of hydrogen-bond acceptors (Lipinski definition) is 6. The number of aryl methyl sites for hydroxylation is 2. The van der Waals surface area contributed by atoms with Crippen molar-refractivity contribution in [2.45, 2.75) is 20.4 Å². The van der Waals surface area contributed by atoms with Gasteiger partial charge in [-0.15, -0.1) is 0 Å². The molecule has 0 N–H and O–H groups in total. The fourth-order valence-corrected chi connectivity index (χ4v) is 3.16. The van der Waals surface area contributed by atoms with Crippen molar-refractivity contribution in [2.24, 2.45) is 0 Å². The Kier molecular flexibility index (Phi) is 4.31. The first-order chi connectivity index (χ1) is 13.5. The van der Waals surface area contributed by atoms with Gasteiger partial charge in [0.25, 0.3) is 5.56 Å². The van der Waals surface area contributed by atoms with Gasteiger partial charge in [-0.05, 0) is 49.2 Å². The molecule has 0 fully saturated rings. The van der Waals surface area contributed by atoms with Gasteiger partial charge in [0.1, 0.15) is 17.5 Å². The number of aromatic nitrogens is 4. The zero-order valence-corrected chi connectivity index (χ0v) is 15.7. The molecule has 4 aromatic rings. The van der Waals surface area contributed by atoms with Gasteiger partial charge in [-0.3, -0.25) is 9.36 Å². The van der Waals surface area contributed by atoms with Crippen LogP contribution in [0.2, 0.25) is 0 Å². The number of esters is 1. The summed E-state index contributed by atoms with van der Waals surface area (Å²) in [7, 11) is 1.28. The topological polar surface area (TPSA) is 92.2 Å². The first-order valence-corrected chi connectivity index (χ1v) is 8.65. The zero-order valence-electron chi connectivity index (χ0n) is 15.7. The van der Waals surface area contributed by atoms with Crippen LogP contribution in [0.15, 0.2) is 52.1 Å². The number of rotatable bonds is 4. The quantitative estimate of drug-likeness (QED) is 0.507. The van der Waals surface area contributed by atoms with Crippen molar-refractivity contribution in [3.05, 3.63) is 75.9 Å². The third kappa shape index (κ3) is 3.09. The van der Waals surface area contributed by atoms with Crippen molar-refractivity contribution in [3.8, 4) is 5.69 Å². The minimum absolute atomic E-state index is 0.0854. The monoisotopic (exact) mass is 378 g/mol. The second kappa shape index (κ2) is 6.80. The van der Waals surface area contributed by atoms with Crippen molar-refractivity contribution in [2.75, 3.05) is 7.11 Å². The number of fused-ring (bicyclic) bond motifs is 1. The second-order valence-corrected chi connectivity index (χ2v) is 6.57. The first kappa shape index (κ1) is 17.7. The molecule has 142 valence electrons. The highest BCUT2D eigenvalue weighted by molar-refractivity contribution is 5.86. The number of ether oxygens (including phenoxy) is 1. The van der Waals surface area contributed by atoms with Crippen LogP contribution in [0.1, 0.15) is 27.4 Å². The van der Waals surface area contributed by atoms with Gasteiger partial charge in [0, 0.05) is 0 Å². The number of furan rings is 1. The van der Waals surface area contributed by atoms with E-state index in [9.17, 15) is 9.59 Å². The van der Waals surface area contributed by atoms with Gasteiger partial charge >= 0.3 is 5.97 Å². The van der Waals surface area contributed by atoms with E-state index in [1.54, 1.807) is 10.7 Å². The number of benzene rings is 1. The molecule has 0 atom stereocenters. The van der Waals surface area contributed by atoms with Crippen LogP contribution in [-0.4, -0.2) is 32.4 Å². The Bertz CT molecular complexity index is 1230. The van der Waals surface area contributed by atoms with Crippen molar-refractivity contribution in [1.29, 1.82) is 0 Å². The Hall–Kier alpha value is -3.68. The molecule has 0 saturated carbocycles. The summed E-state index contributed by atoms with van der Waals surface area (Å²) in [6, 6.07) is 9.19. The van der Waals surface area contributed by atoms with Gasteiger partial charge in [-0.1, -0.05) is 6.07 Å². The summed E-state index contributed by atoms with van der Waals surface area (Å²) in [5, 5.41) is 4.76. The zero-order chi connectivity index (χ0) is 19.8. The van der Waals surface area contributed by atoms with Gasteiger partial charge in [0.2, 0.25) is 5.76 Å². The normalized spacial score (nSPS) is 11.1. The van der Waals surface area contributed by atoms with Crippen molar-refractivity contribution in [3.63, 3.8) is 0 Å². The van der Waals surface area contributed by atoms with E-state index in [2.05, 4.69) is 20.9 Å². The summed E-state index contributed by atoms with van der Waals surface area (Å²) in [5.41, 5.74) is 3.31. The number of methoxy groups -OCH3 is 1. The summed E-state index contributed by atoms with van der Waals surface area (Å²) in [4.78, 5) is 28.8. The van der Waals surface area contributed by atoms with Crippen LogP contribution in [0.25, 0.3) is 16.7 Å². The van der Waals surface area contributed by atoms with E-state index in [0.717, 1.165) is 16.8 Å². The molecule has 0 radical (unpaired) electrons. The number of carbonyl (C=O) groups is 1. The third-order valence-corrected chi connectivity index (χ3v) is 4.38. The van der Waals surface area contributed by atoms with E-state index in [1.165, 1.54) is 30.3 Å². The predicted molar refractivity (Wildman–Crippen MR) is 102 cm³/mol. The average Bonchev–Trinajstić information content (AvgIpc) is 3.30. The molecule has 1 aromatic carbocycles. The average molecular weight is 378 g/mol. The summed E-state index contributed by atoms with van der Waals surface area (Å²) < 4.78 is 13.1. The van der Waals surface area contributed by atoms with Crippen molar-refractivity contribution < 1.29 is 13.9 Å². The molecule has 8 nitrogen and oxygen atoms in total. The molecule has 0 saturated heterocycles. The highest BCUT2D eigenvalue weighted by Gasteiger charge is 2.15. The molecule has 0 aliphatic heterocycles. The standard InChI is InChI=1S/C20H18N4O4/c1-12-6-13(2)8-14(7-12)24-18-16(9-22-24)19(25)23(11-21-18)10-15-4-5-17(28-15)20(26)27-3/h4-9,11H,10H2,1-3H3. The lowest BCUT2D eigenvalue weighted by atomic mass is 10.1. The fraction of sp³-hybridized carbons (Fsp3) is 0.200. The van der Waals surface area contributed by atoms with Crippen LogP contribution in [0.4, 0.5) is 0 Å². The molecule has 0 spiro atoms. The van der Waals surface area contributed by atoms with Crippen LogP contribution in [0.3, 0.4) is 0 Å². The first-order valence-electron chi connectivity index (χ1n) is 8.65. The second-order valence-electron chi connectivity index (χ2n) is 6.57. The fourth-order valence-electron chi connectivity index (χ4n) is 3.16. The molecule has 0 amide bonds. The SMILES string of the molecule is COC(=O)c1ccc(Cn2cnc3c(cnn3-c3cc(C)cc(C)c3)c2=O)o1. The highest BCUT2D eigenvalue weighted by atomic mass is 16.5. The minimum atomic E-state index is -0.568. The Morgan fingerprint density at radius 2 is 1.93 bits per heavy atom. The van der Waals surface area contributed by atoms with E-state index in [4.69, 9.17) is 4.42 Å². The lowest BCUT2D eigenvalue weighted by Gasteiger charge is -2.07. The summed E-state index contributed by atoms with van der Waals surface area (Å²) >= 11 is 0. The minimum Gasteiger partial charge on any atom is -0.463 e. The van der Waals surface area contributed by atoms with Crippen molar-refractivity contribution in [1.82, 2.24) is 19.3 Å². The van der Waals surface area contributed by atoms with Crippen LogP contribution in [-0.2, 0) is 11.3 Å². The van der Waals surface area contributed by atoms with E-state index in [0.29, 0.717) is 16.8 Å². The van der Waals surface area contributed by atoms with Gasteiger partial charge in [0.15, 0.2) is 5.65 Å². The number of hydrogen-bond donors (Lipinski definition) is 0. The number of nitrogens with zero attached hydrogens (tertiary/aromatic N) is 4. The highest BCUT2D eigenvalue weighted by Crippen LogP contribution is 2.17. The maximum atomic E-state index is 12.8. The van der Waals surface area contributed by atoms with Crippen LogP contribution < -0.4 is 5.56 Å². The lowest BCUT2D eigenvalue weighted by molar-refractivity contribution is 0.0563. The van der Waals surface area contributed by atoms with Crippen LogP contribution in [0.5, 0.6) is 0 Å². The molecule has 8 heteroatoms. The van der Waals surface area contributed by atoms with Gasteiger partial charge < -0.3 is 9.15 Å².